The summed E-state index contributed by atoms with van der Waals surface area (Å²) >= 11 is 0. The van der Waals surface area contributed by atoms with Crippen LogP contribution < -0.4 is 15.3 Å². The number of hydrogen-bond acceptors (Lipinski definition) is 14. The maximum Gasteiger partial charge on any atom is 0.459 e. The van der Waals surface area contributed by atoms with Crippen LogP contribution in [0, 0.1) is 17.2 Å². The van der Waals surface area contributed by atoms with Crippen molar-refractivity contribution in [3.8, 4) is 11.8 Å². The lowest BCUT2D eigenvalue weighted by Gasteiger charge is -2.29. The van der Waals surface area contributed by atoms with E-state index in [1.807, 2.05) is 13.8 Å². The molecule has 5 rings (SSSR count). The molecule has 2 saturated heterocycles. The van der Waals surface area contributed by atoms with Crippen LogP contribution in [-0.2, 0) is 48.0 Å². The fourth-order valence-corrected chi connectivity index (χ4v) is 7.98. The van der Waals surface area contributed by atoms with Crippen LogP contribution in [-0.4, -0.2) is 70.1 Å². The molecule has 0 radical (unpaired) electrons. The maximum atomic E-state index is 14.5. The van der Waals surface area contributed by atoms with Crippen LogP contribution in [0.5, 0.6) is 5.75 Å². The Hall–Kier alpha value is -4.55. The van der Waals surface area contributed by atoms with E-state index < -0.39 is 62.2 Å². The van der Waals surface area contributed by atoms with Crippen molar-refractivity contribution in [1.29, 1.82) is 5.26 Å². The summed E-state index contributed by atoms with van der Waals surface area (Å²) < 4.78 is 51.7. The number of nitrogen functional groups attached to an aromatic ring is 1. The number of carbonyl (C=O) groups excluding carboxylic acids is 3. The van der Waals surface area contributed by atoms with Gasteiger partial charge in [0.15, 0.2) is 18.0 Å². The van der Waals surface area contributed by atoms with Gasteiger partial charge >= 0.3 is 25.7 Å². The summed E-state index contributed by atoms with van der Waals surface area (Å²) in [5.74, 6) is -1.46. The monoisotopic (exact) mass is 768 g/mol. The largest absolute Gasteiger partial charge is 0.464 e. The third kappa shape index (κ3) is 9.75. The first-order chi connectivity index (χ1) is 26.0. The molecule has 17 heteroatoms. The van der Waals surface area contributed by atoms with Crippen molar-refractivity contribution in [2.24, 2.45) is 5.92 Å². The normalized spacial score (nSPS) is 24.3. The molecule has 0 spiro atoms. The molecule has 1 aromatic carbocycles. The lowest BCUT2D eigenvalue weighted by Crippen LogP contribution is -2.46. The summed E-state index contributed by atoms with van der Waals surface area (Å²) in [5.41, 5.74) is 4.45. The van der Waals surface area contributed by atoms with Gasteiger partial charge in [0.25, 0.3) is 0 Å². The Balaban J connectivity index is 1.50. The number of esters is 3. The van der Waals surface area contributed by atoms with Gasteiger partial charge in [-0.2, -0.15) is 15.4 Å². The number of nitrogens with zero attached hydrogens (tertiary/aromatic N) is 4. The number of fused-ring (bicyclic) bond motifs is 2. The standard InChI is InChI=1S/C37H49N6O10P/c1-4-26(5-2)21-48-36(46)25(3)42-54(47,53-27-15-11-10-12-16-27)49-22-29-33-34(51-32(45)18-14-9-7-6-8-13-17-31(44)50-33)37(23-38,52-29)30-20-19-28-35(39)40-24-41-43(28)30/h10-12,15-16,19-20,24-26,29,33-34H,4-9,13-14,17-18,21-22H2,1-3H3,(H,42,47)(H2,39,40,41)/t25-,29+,33+,34+,37-,54?/m0/s1. The number of nitrogens with one attached hydrogen (secondary N) is 1. The van der Waals surface area contributed by atoms with Gasteiger partial charge in [-0.3, -0.25) is 18.9 Å². The van der Waals surface area contributed by atoms with E-state index >= 15 is 0 Å². The number of benzene rings is 1. The van der Waals surface area contributed by atoms with Crippen molar-refractivity contribution in [3.63, 3.8) is 0 Å². The third-order valence-corrected chi connectivity index (χ3v) is 11.3. The SMILES string of the molecule is CCC(CC)COC(=O)[C@H](C)NP(=O)(OC[C@H]1O[C@@](C#N)(c2ccc3c(N)ncnn23)[C@@H]2OC(=O)CCCCCCCCC(=O)O[C@@H]21)Oc1ccccc1. The Labute approximate surface area is 314 Å². The van der Waals surface area contributed by atoms with Crippen LogP contribution in [0.1, 0.15) is 90.7 Å². The highest BCUT2D eigenvalue weighted by Crippen LogP contribution is 2.48. The quantitative estimate of drug-likeness (QED) is 0.124. The zero-order valence-corrected chi connectivity index (χ0v) is 31.8. The van der Waals surface area contributed by atoms with Gasteiger partial charge in [-0.15, -0.1) is 0 Å². The Morgan fingerprint density at radius 3 is 2.39 bits per heavy atom. The van der Waals surface area contributed by atoms with Gasteiger partial charge < -0.3 is 29.2 Å². The average molecular weight is 769 g/mol. The van der Waals surface area contributed by atoms with Gasteiger partial charge in [0, 0.05) is 12.8 Å². The number of nitriles is 1. The molecule has 16 nitrogen and oxygen atoms in total. The van der Waals surface area contributed by atoms with Crippen molar-refractivity contribution in [2.45, 2.75) is 115 Å². The zero-order chi connectivity index (χ0) is 38.7. The molecule has 2 aliphatic rings. The van der Waals surface area contributed by atoms with Crippen LogP contribution in [0.15, 0.2) is 48.8 Å². The molecule has 3 aromatic rings. The molecule has 6 atom stereocenters. The fourth-order valence-electron chi connectivity index (χ4n) is 6.48. The Bertz CT molecular complexity index is 1830. The minimum atomic E-state index is -4.46. The molecule has 4 heterocycles. The van der Waals surface area contributed by atoms with Gasteiger partial charge in [-0.05, 0) is 49.9 Å². The van der Waals surface area contributed by atoms with Crippen LogP contribution in [0.2, 0.25) is 0 Å². The van der Waals surface area contributed by atoms with E-state index in [0.717, 1.165) is 38.5 Å². The number of aromatic nitrogens is 3. The second-order valence-electron chi connectivity index (χ2n) is 13.5. The maximum absolute atomic E-state index is 14.5. The van der Waals surface area contributed by atoms with E-state index in [0.29, 0.717) is 18.4 Å². The molecule has 292 valence electrons. The van der Waals surface area contributed by atoms with Gasteiger partial charge in [-0.25, -0.2) is 14.1 Å². The predicted molar refractivity (Wildman–Crippen MR) is 195 cm³/mol. The number of para-hydroxylation sites is 1. The van der Waals surface area contributed by atoms with Gasteiger partial charge in [0.1, 0.15) is 35.8 Å². The number of carbonyl (C=O) groups is 3. The lowest BCUT2D eigenvalue weighted by molar-refractivity contribution is -0.169. The first kappa shape index (κ1) is 40.6. The second kappa shape index (κ2) is 18.7. The van der Waals surface area contributed by atoms with Gasteiger partial charge in [0.2, 0.25) is 5.60 Å². The molecular weight excluding hydrogens is 719 g/mol. The Kier molecular flexibility index (Phi) is 14.0. The van der Waals surface area contributed by atoms with Crippen LogP contribution >= 0.6 is 7.75 Å². The lowest BCUT2D eigenvalue weighted by atomic mass is 9.92. The Morgan fingerprint density at radius 2 is 1.72 bits per heavy atom. The minimum absolute atomic E-state index is 0.0547. The minimum Gasteiger partial charge on any atom is -0.464 e. The molecule has 3 N–H and O–H groups in total. The van der Waals surface area contributed by atoms with E-state index in [9.17, 15) is 24.2 Å². The zero-order valence-electron chi connectivity index (χ0n) is 30.9. The summed E-state index contributed by atoms with van der Waals surface area (Å²) in [6.07, 6.45) is 3.16. The summed E-state index contributed by atoms with van der Waals surface area (Å²) in [5, 5.41) is 17.9. The van der Waals surface area contributed by atoms with Crippen LogP contribution in [0.4, 0.5) is 5.82 Å². The molecular formula is C37H49N6O10P. The van der Waals surface area contributed by atoms with Crippen LogP contribution in [0.25, 0.3) is 5.52 Å². The first-order valence-corrected chi connectivity index (χ1v) is 20.1. The van der Waals surface area contributed by atoms with E-state index in [4.69, 9.17) is 33.7 Å². The predicted octanol–water partition coefficient (Wildman–Crippen LogP) is 5.55. The molecule has 2 aromatic heterocycles. The summed E-state index contributed by atoms with van der Waals surface area (Å²) in [6, 6.07) is 12.3. The highest BCUT2D eigenvalue weighted by atomic mass is 31.2. The van der Waals surface area contributed by atoms with Crippen molar-refractivity contribution in [3.05, 3.63) is 54.5 Å². The van der Waals surface area contributed by atoms with Crippen molar-refractivity contribution in [1.82, 2.24) is 19.7 Å². The molecule has 1 unspecified atom stereocenters. The average Bonchev–Trinajstić information content (AvgIpc) is 3.72. The van der Waals surface area contributed by atoms with Crippen LogP contribution in [0.3, 0.4) is 0 Å². The number of hydrogen-bond donors (Lipinski definition) is 2. The fraction of sp³-hybridized carbons (Fsp3) is 0.568. The van der Waals surface area contributed by atoms with Crippen molar-refractivity contribution < 1.29 is 46.9 Å². The first-order valence-electron chi connectivity index (χ1n) is 18.5. The second-order valence-corrected chi connectivity index (χ2v) is 15.2. The van der Waals surface area contributed by atoms with Gasteiger partial charge in [0.05, 0.1) is 18.9 Å². The molecule has 2 aliphatic heterocycles. The van der Waals surface area contributed by atoms with Crippen molar-refractivity contribution in [2.75, 3.05) is 18.9 Å². The summed E-state index contributed by atoms with van der Waals surface area (Å²) in [7, 11) is -4.46. The molecule has 0 aliphatic carbocycles. The van der Waals surface area contributed by atoms with Crippen molar-refractivity contribution >= 4 is 37.0 Å². The summed E-state index contributed by atoms with van der Waals surface area (Å²) in [4.78, 5) is 43.8. The molecule has 0 saturated carbocycles. The highest BCUT2D eigenvalue weighted by Gasteiger charge is 2.63. The van der Waals surface area contributed by atoms with E-state index in [1.54, 1.807) is 36.4 Å². The molecule has 0 amide bonds. The van der Waals surface area contributed by atoms with E-state index in [2.05, 4.69) is 21.2 Å². The van der Waals surface area contributed by atoms with E-state index in [1.165, 1.54) is 23.8 Å². The number of nitrogens with two attached hydrogens (primary N) is 1. The smallest absolute Gasteiger partial charge is 0.459 e. The van der Waals surface area contributed by atoms with Gasteiger partial charge in [-0.1, -0.05) is 70.6 Å². The molecule has 2 fully saturated rings. The topological polar surface area (TPSA) is 216 Å². The number of anilines is 1. The molecule has 0 bridgehead atoms. The number of rotatable bonds is 13. The molecule has 54 heavy (non-hydrogen) atoms. The highest BCUT2D eigenvalue weighted by molar-refractivity contribution is 7.52. The third-order valence-electron chi connectivity index (χ3n) is 9.67. The van der Waals surface area contributed by atoms with E-state index in [-0.39, 0.29) is 42.6 Å². The number of ether oxygens (including phenoxy) is 4. The summed E-state index contributed by atoms with van der Waals surface area (Å²) in [6.45, 7) is 5.05. The Morgan fingerprint density at radius 1 is 1.06 bits per heavy atom.